The Morgan fingerprint density at radius 3 is 2.44 bits per heavy atom. The highest BCUT2D eigenvalue weighted by Crippen LogP contribution is 2.30. The van der Waals surface area contributed by atoms with Gasteiger partial charge in [-0.05, 0) is 18.8 Å². The molecule has 0 aromatic heterocycles. The summed E-state index contributed by atoms with van der Waals surface area (Å²) in [7, 11) is 1.73. The van der Waals surface area contributed by atoms with Gasteiger partial charge in [0.05, 0.1) is 12.2 Å². The van der Waals surface area contributed by atoms with Gasteiger partial charge >= 0.3 is 0 Å². The summed E-state index contributed by atoms with van der Waals surface area (Å²) < 4.78 is 5.13. The number of methoxy groups -OCH3 is 1. The van der Waals surface area contributed by atoms with Crippen LogP contribution >= 0.6 is 0 Å². The Bertz CT molecular complexity index is 188. The topological polar surface area (TPSA) is 32.7 Å². The Hall–Kier alpha value is -0.120. The number of rotatable bonds is 7. The van der Waals surface area contributed by atoms with Crippen LogP contribution in [-0.2, 0) is 4.74 Å². The van der Waals surface area contributed by atoms with E-state index in [1.165, 1.54) is 12.8 Å². The quantitative estimate of drug-likeness (QED) is 0.723. The van der Waals surface area contributed by atoms with Crippen LogP contribution in [0.15, 0.2) is 0 Å². The Balaban J connectivity index is 2.41. The van der Waals surface area contributed by atoms with E-state index < -0.39 is 5.60 Å². The van der Waals surface area contributed by atoms with Crippen LogP contribution < -0.4 is 0 Å². The average Bonchev–Trinajstić information content (AvgIpc) is 2.60. The fourth-order valence-electron chi connectivity index (χ4n) is 2.58. The minimum Gasteiger partial charge on any atom is -0.389 e. The second-order valence-electron chi connectivity index (χ2n) is 5.55. The van der Waals surface area contributed by atoms with Crippen molar-refractivity contribution in [1.29, 1.82) is 0 Å². The highest BCUT2D eigenvalue weighted by atomic mass is 16.5. The molecule has 1 fully saturated rings. The Morgan fingerprint density at radius 2 is 1.94 bits per heavy atom. The normalized spacial score (nSPS) is 19.9. The molecule has 0 heterocycles. The molecule has 96 valence electrons. The molecule has 0 bridgehead atoms. The van der Waals surface area contributed by atoms with Gasteiger partial charge in [-0.3, -0.25) is 4.90 Å². The van der Waals surface area contributed by atoms with Gasteiger partial charge in [0, 0.05) is 26.7 Å². The van der Waals surface area contributed by atoms with Crippen LogP contribution in [0.4, 0.5) is 0 Å². The predicted molar refractivity (Wildman–Crippen MR) is 66.6 cm³/mol. The molecule has 1 rings (SSSR count). The third-order valence-electron chi connectivity index (χ3n) is 3.29. The summed E-state index contributed by atoms with van der Waals surface area (Å²) in [5.74, 6) is 0.641. The van der Waals surface area contributed by atoms with E-state index in [1.807, 2.05) is 0 Å². The molecular weight excluding hydrogens is 202 g/mol. The molecule has 0 amide bonds. The lowest BCUT2D eigenvalue weighted by molar-refractivity contribution is 0.000246. The van der Waals surface area contributed by atoms with Crippen LogP contribution in [0.25, 0.3) is 0 Å². The fourth-order valence-corrected chi connectivity index (χ4v) is 2.58. The second-order valence-corrected chi connectivity index (χ2v) is 5.55. The molecule has 3 nitrogen and oxygen atoms in total. The van der Waals surface area contributed by atoms with Crippen LogP contribution in [0.3, 0.4) is 0 Å². The smallest absolute Gasteiger partial charge is 0.0774 e. The van der Waals surface area contributed by atoms with Crippen molar-refractivity contribution in [2.24, 2.45) is 5.92 Å². The van der Waals surface area contributed by atoms with Crippen molar-refractivity contribution in [3.8, 4) is 0 Å². The molecule has 1 aliphatic rings. The zero-order chi connectivity index (χ0) is 12.0. The van der Waals surface area contributed by atoms with E-state index in [-0.39, 0.29) is 0 Å². The molecule has 0 aromatic carbocycles. The average molecular weight is 229 g/mol. The lowest BCUT2D eigenvalue weighted by Gasteiger charge is -2.32. The van der Waals surface area contributed by atoms with Gasteiger partial charge in [0.15, 0.2) is 0 Å². The number of ether oxygens (including phenoxy) is 1. The molecule has 3 heteroatoms. The Labute approximate surface area is 99.8 Å². The molecule has 0 aliphatic heterocycles. The molecular formula is C13H27NO2. The third-order valence-corrected chi connectivity index (χ3v) is 3.29. The van der Waals surface area contributed by atoms with Crippen molar-refractivity contribution in [3.63, 3.8) is 0 Å². The van der Waals surface area contributed by atoms with Crippen LogP contribution in [0, 0.1) is 5.92 Å². The number of hydrogen-bond acceptors (Lipinski definition) is 3. The van der Waals surface area contributed by atoms with Crippen LogP contribution in [0.5, 0.6) is 0 Å². The maximum atomic E-state index is 10.4. The van der Waals surface area contributed by atoms with Crippen molar-refractivity contribution >= 4 is 0 Å². The monoisotopic (exact) mass is 229 g/mol. The SMILES string of the molecule is COCCN(CC(C)C)CC1(O)CCCC1. The van der Waals surface area contributed by atoms with Crippen molar-refractivity contribution in [1.82, 2.24) is 4.90 Å². The minimum absolute atomic E-state index is 0.428. The maximum absolute atomic E-state index is 10.4. The first kappa shape index (κ1) is 13.9. The fraction of sp³-hybridized carbons (Fsp3) is 1.00. The molecule has 0 saturated heterocycles. The minimum atomic E-state index is -0.428. The standard InChI is InChI=1S/C13H27NO2/c1-12(2)10-14(8-9-16-3)11-13(15)6-4-5-7-13/h12,15H,4-11H2,1-3H3. The van der Waals surface area contributed by atoms with Gasteiger partial charge in [0.25, 0.3) is 0 Å². The van der Waals surface area contributed by atoms with E-state index in [2.05, 4.69) is 18.7 Å². The van der Waals surface area contributed by atoms with Crippen molar-refractivity contribution in [2.45, 2.75) is 45.1 Å². The van der Waals surface area contributed by atoms with Crippen molar-refractivity contribution in [3.05, 3.63) is 0 Å². The summed E-state index contributed by atoms with van der Waals surface area (Å²) in [6.45, 7) is 7.98. The lowest BCUT2D eigenvalue weighted by Crippen LogP contribution is -2.43. The zero-order valence-corrected chi connectivity index (χ0v) is 11.0. The van der Waals surface area contributed by atoms with E-state index in [1.54, 1.807) is 7.11 Å². The van der Waals surface area contributed by atoms with Crippen molar-refractivity contribution in [2.75, 3.05) is 33.4 Å². The molecule has 0 spiro atoms. The first-order chi connectivity index (χ1) is 7.56. The zero-order valence-electron chi connectivity index (χ0n) is 11.0. The maximum Gasteiger partial charge on any atom is 0.0774 e. The molecule has 0 unspecified atom stereocenters. The highest BCUT2D eigenvalue weighted by molar-refractivity contribution is 4.87. The van der Waals surface area contributed by atoms with Gasteiger partial charge in [0.2, 0.25) is 0 Å². The van der Waals surface area contributed by atoms with E-state index in [9.17, 15) is 5.11 Å². The van der Waals surface area contributed by atoms with Gasteiger partial charge in [-0.15, -0.1) is 0 Å². The van der Waals surface area contributed by atoms with Crippen LogP contribution in [0.1, 0.15) is 39.5 Å². The van der Waals surface area contributed by atoms with Crippen LogP contribution in [-0.4, -0.2) is 49.0 Å². The Morgan fingerprint density at radius 1 is 1.31 bits per heavy atom. The van der Waals surface area contributed by atoms with Gasteiger partial charge in [-0.1, -0.05) is 26.7 Å². The summed E-state index contributed by atoms with van der Waals surface area (Å²) in [5.41, 5.74) is -0.428. The molecule has 16 heavy (non-hydrogen) atoms. The van der Waals surface area contributed by atoms with Gasteiger partial charge in [-0.2, -0.15) is 0 Å². The highest BCUT2D eigenvalue weighted by Gasteiger charge is 2.32. The first-order valence-corrected chi connectivity index (χ1v) is 6.49. The molecule has 0 atom stereocenters. The predicted octanol–water partition coefficient (Wildman–Crippen LogP) is 1.90. The summed E-state index contributed by atoms with van der Waals surface area (Å²) in [5, 5.41) is 10.4. The largest absolute Gasteiger partial charge is 0.389 e. The second kappa shape index (κ2) is 6.58. The number of hydrogen-bond donors (Lipinski definition) is 1. The van der Waals surface area contributed by atoms with E-state index >= 15 is 0 Å². The summed E-state index contributed by atoms with van der Waals surface area (Å²) in [6.07, 6.45) is 4.29. The van der Waals surface area contributed by atoms with Crippen molar-refractivity contribution < 1.29 is 9.84 Å². The van der Waals surface area contributed by atoms with E-state index in [0.717, 1.165) is 39.1 Å². The van der Waals surface area contributed by atoms with Gasteiger partial charge in [-0.25, -0.2) is 0 Å². The molecule has 1 aliphatic carbocycles. The van der Waals surface area contributed by atoms with E-state index in [0.29, 0.717) is 5.92 Å². The molecule has 1 saturated carbocycles. The first-order valence-electron chi connectivity index (χ1n) is 6.49. The van der Waals surface area contributed by atoms with Crippen LogP contribution in [0.2, 0.25) is 0 Å². The van der Waals surface area contributed by atoms with Gasteiger partial charge in [0.1, 0.15) is 0 Å². The molecule has 1 N–H and O–H groups in total. The Kier molecular flexibility index (Phi) is 5.73. The summed E-state index contributed by atoms with van der Waals surface area (Å²) in [6, 6.07) is 0. The molecule has 0 aromatic rings. The van der Waals surface area contributed by atoms with Gasteiger partial charge < -0.3 is 9.84 Å². The molecule has 0 radical (unpaired) electrons. The number of nitrogens with zero attached hydrogens (tertiary/aromatic N) is 1. The third kappa shape index (κ3) is 4.81. The number of aliphatic hydroxyl groups is 1. The summed E-state index contributed by atoms with van der Waals surface area (Å²) in [4.78, 5) is 2.35. The van der Waals surface area contributed by atoms with E-state index in [4.69, 9.17) is 4.74 Å². The summed E-state index contributed by atoms with van der Waals surface area (Å²) >= 11 is 0. The lowest BCUT2D eigenvalue weighted by atomic mass is 10.0.